The highest BCUT2D eigenvalue weighted by molar-refractivity contribution is 5.79. The number of ether oxygens (including phenoxy) is 1. The first-order valence-electron chi connectivity index (χ1n) is 10.3. The Hall–Kier alpha value is -2.81. The highest BCUT2D eigenvalue weighted by Crippen LogP contribution is 2.29. The Kier molecular flexibility index (Phi) is 8.11. The quantitative estimate of drug-likeness (QED) is 0.397. The van der Waals surface area contributed by atoms with Gasteiger partial charge in [-0.1, -0.05) is 30.3 Å². The number of aliphatic imine (C=N–C) groups is 1. The fraction of sp³-hybridized carbons (Fsp3) is 0.455. The zero-order valence-corrected chi connectivity index (χ0v) is 17.5. The molecule has 1 saturated heterocycles. The molecule has 0 unspecified atom stereocenters. The molecular weight excluding hydrogens is 407 g/mol. The normalized spacial score (nSPS) is 16.2. The predicted molar refractivity (Wildman–Crippen MR) is 114 cm³/mol. The van der Waals surface area contributed by atoms with Crippen LogP contribution in [-0.2, 0) is 12.7 Å². The first-order chi connectivity index (χ1) is 14.9. The summed E-state index contributed by atoms with van der Waals surface area (Å²) in [6.45, 7) is 3.72. The van der Waals surface area contributed by atoms with E-state index in [9.17, 15) is 13.2 Å². The number of halogens is 3. The first kappa shape index (κ1) is 22.9. The Morgan fingerprint density at radius 2 is 1.90 bits per heavy atom. The second-order valence-corrected chi connectivity index (χ2v) is 7.41. The van der Waals surface area contributed by atoms with E-state index in [1.165, 1.54) is 11.6 Å². The Bertz CT molecular complexity index is 819. The lowest BCUT2D eigenvalue weighted by molar-refractivity contribution is -0.137. The molecule has 0 amide bonds. The van der Waals surface area contributed by atoms with Crippen LogP contribution in [0, 0.1) is 0 Å². The van der Waals surface area contributed by atoms with E-state index >= 15 is 0 Å². The average Bonchev–Trinajstić information content (AvgIpc) is 2.77. The first-order valence-corrected chi connectivity index (χ1v) is 10.3. The number of aromatic nitrogens is 1. The van der Waals surface area contributed by atoms with Crippen molar-refractivity contribution >= 4 is 5.96 Å². The van der Waals surface area contributed by atoms with Gasteiger partial charge in [0.2, 0.25) is 5.88 Å². The van der Waals surface area contributed by atoms with Gasteiger partial charge < -0.3 is 15.4 Å². The van der Waals surface area contributed by atoms with Gasteiger partial charge in [0.05, 0.1) is 12.1 Å². The van der Waals surface area contributed by atoms with Gasteiger partial charge in [-0.2, -0.15) is 13.2 Å². The van der Waals surface area contributed by atoms with Crippen LogP contribution in [0.5, 0.6) is 5.88 Å². The van der Waals surface area contributed by atoms with Crippen LogP contribution in [0.25, 0.3) is 0 Å². The molecule has 31 heavy (non-hydrogen) atoms. The number of alkyl halides is 3. The summed E-state index contributed by atoms with van der Waals surface area (Å²) in [5.74, 6) is 0.842. The molecule has 0 spiro atoms. The maximum absolute atomic E-state index is 12.6. The topological polar surface area (TPSA) is 61.8 Å². The smallest absolute Gasteiger partial charge is 0.417 e. The van der Waals surface area contributed by atoms with E-state index in [-0.39, 0.29) is 12.5 Å². The third kappa shape index (κ3) is 7.43. The molecule has 0 bridgehead atoms. The second-order valence-electron chi connectivity index (χ2n) is 7.41. The number of guanidine groups is 1. The molecule has 9 heteroatoms. The monoisotopic (exact) mass is 435 g/mol. The number of pyridine rings is 1. The molecule has 2 N–H and O–H groups in total. The minimum Gasteiger partial charge on any atom is -0.476 e. The van der Waals surface area contributed by atoms with Gasteiger partial charge in [-0.15, -0.1) is 0 Å². The van der Waals surface area contributed by atoms with Crippen molar-refractivity contribution in [3.8, 4) is 5.88 Å². The van der Waals surface area contributed by atoms with Crippen molar-refractivity contribution in [2.45, 2.75) is 31.6 Å². The van der Waals surface area contributed by atoms with E-state index in [2.05, 4.69) is 49.8 Å². The van der Waals surface area contributed by atoms with Crippen molar-refractivity contribution in [3.63, 3.8) is 0 Å². The largest absolute Gasteiger partial charge is 0.476 e. The van der Waals surface area contributed by atoms with Crippen LogP contribution in [0.15, 0.2) is 53.7 Å². The van der Waals surface area contributed by atoms with Gasteiger partial charge >= 0.3 is 6.18 Å². The van der Waals surface area contributed by atoms with Gasteiger partial charge in [-0.3, -0.25) is 9.89 Å². The van der Waals surface area contributed by atoms with Gasteiger partial charge in [-0.25, -0.2) is 4.98 Å². The molecule has 1 aromatic carbocycles. The number of piperidine rings is 1. The van der Waals surface area contributed by atoms with Crippen molar-refractivity contribution in [2.24, 2.45) is 4.99 Å². The molecule has 2 aromatic rings. The molecule has 0 atom stereocenters. The fourth-order valence-electron chi connectivity index (χ4n) is 3.42. The average molecular weight is 435 g/mol. The summed E-state index contributed by atoms with van der Waals surface area (Å²) in [5, 5.41) is 6.59. The van der Waals surface area contributed by atoms with Gasteiger partial charge in [0, 0.05) is 45.0 Å². The summed E-state index contributed by atoms with van der Waals surface area (Å²) in [6, 6.07) is 13.0. The Labute approximate surface area is 180 Å². The lowest BCUT2D eigenvalue weighted by atomic mass is 10.0. The van der Waals surface area contributed by atoms with Crippen molar-refractivity contribution in [1.29, 1.82) is 0 Å². The molecule has 1 fully saturated rings. The fourth-order valence-corrected chi connectivity index (χ4v) is 3.42. The van der Waals surface area contributed by atoms with Crippen molar-refractivity contribution < 1.29 is 17.9 Å². The van der Waals surface area contributed by atoms with Crippen molar-refractivity contribution in [3.05, 3.63) is 59.8 Å². The molecule has 0 radical (unpaired) electrons. The third-order valence-electron chi connectivity index (χ3n) is 5.11. The maximum atomic E-state index is 12.6. The molecule has 0 aliphatic carbocycles. The second kappa shape index (κ2) is 11.0. The van der Waals surface area contributed by atoms with Crippen LogP contribution in [0.1, 0.15) is 24.0 Å². The number of nitrogens with zero attached hydrogens (tertiary/aromatic N) is 3. The van der Waals surface area contributed by atoms with E-state index < -0.39 is 11.7 Å². The van der Waals surface area contributed by atoms with Crippen LogP contribution in [0.3, 0.4) is 0 Å². The molecule has 2 heterocycles. The number of nitrogens with one attached hydrogen (secondary N) is 2. The zero-order chi connectivity index (χ0) is 22.1. The van der Waals surface area contributed by atoms with E-state index in [4.69, 9.17) is 4.74 Å². The van der Waals surface area contributed by atoms with E-state index in [0.717, 1.165) is 44.7 Å². The number of benzene rings is 1. The van der Waals surface area contributed by atoms with Crippen molar-refractivity contribution in [1.82, 2.24) is 20.5 Å². The molecule has 1 aliphatic rings. The Morgan fingerprint density at radius 1 is 1.16 bits per heavy atom. The summed E-state index contributed by atoms with van der Waals surface area (Å²) >= 11 is 0. The molecule has 6 nitrogen and oxygen atoms in total. The molecule has 0 saturated carbocycles. The maximum Gasteiger partial charge on any atom is 0.417 e. The van der Waals surface area contributed by atoms with Crippen LogP contribution < -0.4 is 15.4 Å². The van der Waals surface area contributed by atoms with Crippen LogP contribution in [-0.4, -0.2) is 55.2 Å². The van der Waals surface area contributed by atoms with Gasteiger partial charge in [0.25, 0.3) is 0 Å². The van der Waals surface area contributed by atoms with E-state index in [1.807, 2.05) is 6.07 Å². The minimum absolute atomic E-state index is 0.156. The predicted octanol–water partition coefficient (Wildman–Crippen LogP) is 3.31. The summed E-state index contributed by atoms with van der Waals surface area (Å²) in [7, 11) is 1.71. The summed E-state index contributed by atoms with van der Waals surface area (Å²) < 4.78 is 43.1. The summed E-state index contributed by atoms with van der Waals surface area (Å²) in [4.78, 5) is 10.4. The number of likely N-dealkylation sites (tertiary alicyclic amines) is 1. The third-order valence-corrected chi connectivity index (χ3v) is 5.11. The standard InChI is InChI=1S/C22H28F3N5O/c1-26-21(27-11-14-31-20-8-7-18(15-28-20)22(23,24)25)29-19-9-12-30(13-10-19)16-17-5-3-2-4-6-17/h2-8,15,19H,9-14,16H2,1H3,(H2,26,27,29). The lowest BCUT2D eigenvalue weighted by Gasteiger charge is -2.33. The Morgan fingerprint density at radius 3 is 2.52 bits per heavy atom. The number of hydrogen-bond donors (Lipinski definition) is 2. The van der Waals surface area contributed by atoms with Crippen LogP contribution in [0.4, 0.5) is 13.2 Å². The molecular formula is C22H28F3N5O. The number of hydrogen-bond acceptors (Lipinski definition) is 4. The number of rotatable bonds is 7. The van der Waals surface area contributed by atoms with Gasteiger partial charge in [0.1, 0.15) is 6.61 Å². The van der Waals surface area contributed by atoms with Crippen molar-refractivity contribution in [2.75, 3.05) is 33.3 Å². The van der Waals surface area contributed by atoms with Gasteiger partial charge in [-0.05, 0) is 24.5 Å². The van der Waals surface area contributed by atoms with E-state index in [0.29, 0.717) is 18.5 Å². The lowest BCUT2D eigenvalue weighted by Crippen LogP contribution is -2.49. The minimum atomic E-state index is -4.40. The van der Waals surface area contributed by atoms with Crippen LogP contribution in [0.2, 0.25) is 0 Å². The molecule has 1 aliphatic heterocycles. The zero-order valence-electron chi connectivity index (χ0n) is 17.5. The molecule has 1 aromatic heterocycles. The molecule has 168 valence electrons. The summed E-state index contributed by atoms with van der Waals surface area (Å²) in [5.41, 5.74) is 0.534. The highest BCUT2D eigenvalue weighted by atomic mass is 19.4. The van der Waals surface area contributed by atoms with Gasteiger partial charge in [0.15, 0.2) is 5.96 Å². The molecule has 3 rings (SSSR count). The van der Waals surface area contributed by atoms with E-state index in [1.54, 1.807) is 7.05 Å². The summed E-state index contributed by atoms with van der Waals surface area (Å²) in [6.07, 6.45) is -1.57. The van der Waals surface area contributed by atoms with Crippen LogP contribution >= 0.6 is 0 Å². The SMILES string of the molecule is CN=C(NCCOc1ccc(C(F)(F)F)cn1)NC1CCN(Cc2ccccc2)CC1. The Balaban J connectivity index is 1.34. The highest BCUT2D eigenvalue weighted by Gasteiger charge is 2.30.